The summed E-state index contributed by atoms with van der Waals surface area (Å²) in [4.78, 5) is 11.8. The van der Waals surface area contributed by atoms with Crippen LogP contribution in [0.2, 0.25) is 0 Å². The molecule has 16 heavy (non-hydrogen) atoms. The predicted molar refractivity (Wildman–Crippen MR) is 67.0 cm³/mol. The zero-order valence-electron chi connectivity index (χ0n) is 9.07. The molecule has 84 valence electrons. The Labute approximate surface area is 100 Å². The van der Waals surface area contributed by atoms with Crippen LogP contribution in [0, 0.1) is 5.92 Å². The highest BCUT2D eigenvalue weighted by Crippen LogP contribution is 2.15. The van der Waals surface area contributed by atoms with Crippen LogP contribution in [-0.4, -0.2) is 17.1 Å². The van der Waals surface area contributed by atoms with Crippen molar-refractivity contribution in [3.05, 3.63) is 35.9 Å². The molecule has 0 aliphatic carbocycles. The largest absolute Gasteiger partial charge is 0.359 e. The summed E-state index contributed by atoms with van der Waals surface area (Å²) in [6.45, 7) is 1.98. The van der Waals surface area contributed by atoms with Gasteiger partial charge in [0.05, 0.1) is 5.92 Å². The van der Waals surface area contributed by atoms with Crippen molar-refractivity contribution in [3.63, 3.8) is 0 Å². The van der Waals surface area contributed by atoms with E-state index in [4.69, 9.17) is 12.2 Å². The number of hydrogen-bond acceptors (Lipinski definition) is 2. The van der Waals surface area contributed by atoms with E-state index in [0.29, 0.717) is 5.11 Å². The van der Waals surface area contributed by atoms with Gasteiger partial charge in [-0.2, -0.15) is 0 Å². The second-order valence-electron chi connectivity index (χ2n) is 4.05. The van der Waals surface area contributed by atoms with Gasteiger partial charge in [-0.05, 0) is 31.1 Å². The van der Waals surface area contributed by atoms with Gasteiger partial charge in [0.1, 0.15) is 0 Å². The molecule has 2 rings (SSSR count). The monoisotopic (exact) mass is 234 g/mol. The summed E-state index contributed by atoms with van der Waals surface area (Å²) >= 11 is 4.93. The Bertz CT molecular complexity index is 405. The number of carbonyl (C=O) groups is 1. The average Bonchev–Trinajstić information content (AvgIpc) is 2.25. The first-order valence-electron chi connectivity index (χ1n) is 5.32. The smallest absolute Gasteiger partial charge is 0.231 e. The second kappa shape index (κ2) is 4.61. The van der Waals surface area contributed by atoms with Crippen LogP contribution >= 0.6 is 12.2 Å². The lowest BCUT2D eigenvalue weighted by atomic mass is 9.91. The SMILES string of the molecule is CC1NC(=S)NC(=O)C1Cc1ccccc1. The van der Waals surface area contributed by atoms with Crippen molar-refractivity contribution >= 4 is 23.2 Å². The van der Waals surface area contributed by atoms with E-state index in [1.807, 2.05) is 37.3 Å². The van der Waals surface area contributed by atoms with Gasteiger partial charge in [-0.1, -0.05) is 30.3 Å². The van der Waals surface area contributed by atoms with Crippen molar-refractivity contribution in [3.8, 4) is 0 Å². The summed E-state index contributed by atoms with van der Waals surface area (Å²) in [5.41, 5.74) is 1.17. The fourth-order valence-electron chi connectivity index (χ4n) is 1.91. The highest BCUT2D eigenvalue weighted by Gasteiger charge is 2.30. The van der Waals surface area contributed by atoms with Gasteiger partial charge >= 0.3 is 0 Å². The fraction of sp³-hybridized carbons (Fsp3) is 0.333. The number of nitrogens with one attached hydrogen (secondary N) is 2. The highest BCUT2D eigenvalue weighted by molar-refractivity contribution is 7.80. The van der Waals surface area contributed by atoms with Crippen molar-refractivity contribution < 1.29 is 4.79 Å². The van der Waals surface area contributed by atoms with Crippen molar-refractivity contribution in [2.24, 2.45) is 5.92 Å². The summed E-state index contributed by atoms with van der Waals surface area (Å²) in [6, 6.07) is 10.1. The Hall–Kier alpha value is -1.42. The number of amides is 1. The Kier molecular flexibility index (Phi) is 3.19. The zero-order chi connectivity index (χ0) is 11.5. The Balaban J connectivity index is 2.09. The zero-order valence-corrected chi connectivity index (χ0v) is 9.88. The van der Waals surface area contributed by atoms with Crippen LogP contribution in [-0.2, 0) is 11.2 Å². The summed E-state index contributed by atoms with van der Waals surface area (Å²) in [5, 5.41) is 6.17. The molecule has 0 aromatic heterocycles. The molecule has 1 fully saturated rings. The minimum Gasteiger partial charge on any atom is -0.359 e. The highest BCUT2D eigenvalue weighted by atomic mass is 32.1. The van der Waals surface area contributed by atoms with E-state index >= 15 is 0 Å². The molecule has 2 unspecified atom stereocenters. The molecular formula is C12H14N2OS. The van der Waals surface area contributed by atoms with E-state index in [-0.39, 0.29) is 17.9 Å². The standard InChI is InChI=1S/C12H14N2OS/c1-8-10(11(15)14-12(16)13-8)7-9-5-3-2-4-6-9/h2-6,8,10H,7H2,1H3,(H2,13,14,15,16). The molecule has 3 nitrogen and oxygen atoms in total. The topological polar surface area (TPSA) is 41.1 Å². The van der Waals surface area contributed by atoms with Crippen LogP contribution in [0.15, 0.2) is 30.3 Å². The van der Waals surface area contributed by atoms with Gasteiger partial charge < -0.3 is 10.6 Å². The molecule has 0 saturated carbocycles. The van der Waals surface area contributed by atoms with Gasteiger partial charge in [0.25, 0.3) is 0 Å². The molecule has 2 atom stereocenters. The lowest BCUT2D eigenvalue weighted by molar-refractivity contribution is -0.125. The maximum absolute atomic E-state index is 11.8. The summed E-state index contributed by atoms with van der Waals surface area (Å²) in [7, 11) is 0. The summed E-state index contributed by atoms with van der Waals surface area (Å²) < 4.78 is 0. The first-order valence-corrected chi connectivity index (χ1v) is 5.73. The Morgan fingerprint density at radius 1 is 1.31 bits per heavy atom. The van der Waals surface area contributed by atoms with Crippen LogP contribution in [0.1, 0.15) is 12.5 Å². The minimum atomic E-state index is -0.0610. The Morgan fingerprint density at radius 3 is 2.62 bits per heavy atom. The molecule has 1 aliphatic heterocycles. The molecule has 1 amide bonds. The quantitative estimate of drug-likeness (QED) is 0.756. The number of hydrogen-bond donors (Lipinski definition) is 2. The van der Waals surface area contributed by atoms with E-state index < -0.39 is 0 Å². The molecule has 0 radical (unpaired) electrons. The lowest BCUT2D eigenvalue weighted by Crippen LogP contribution is -2.57. The van der Waals surface area contributed by atoms with Crippen molar-refractivity contribution in [2.45, 2.75) is 19.4 Å². The second-order valence-corrected chi connectivity index (χ2v) is 4.46. The first kappa shape index (κ1) is 11.1. The molecule has 1 aliphatic rings. The molecule has 0 spiro atoms. The number of rotatable bonds is 2. The minimum absolute atomic E-state index is 0.0140. The van der Waals surface area contributed by atoms with Crippen molar-refractivity contribution in [1.29, 1.82) is 0 Å². The number of carbonyl (C=O) groups excluding carboxylic acids is 1. The summed E-state index contributed by atoms with van der Waals surface area (Å²) in [6.07, 6.45) is 0.740. The van der Waals surface area contributed by atoms with E-state index in [0.717, 1.165) is 6.42 Å². The van der Waals surface area contributed by atoms with E-state index in [1.165, 1.54) is 5.56 Å². The summed E-state index contributed by atoms with van der Waals surface area (Å²) in [5.74, 6) is -0.0470. The normalized spacial score (nSPS) is 24.8. The molecule has 2 N–H and O–H groups in total. The van der Waals surface area contributed by atoms with E-state index in [9.17, 15) is 4.79 Å². The van der Waals surface area contributed by atoms with Crippen LogP contribution in [0.5, 0.6) is 0 Å². The van der Waals surface area contributed by atoms with Gasteiger partial charge in [0.2, 0.25) is 5.91 Å². The van der Waals surface area contributed by atoms with Crippen molar-refractivity contribution in [1.82, 2.24) is 10.6 Å². The third kappa shape index (κ3) is 2.39. The maximum atomic E-state index is 11.8. The molecule has 4 heteroatoms. The molecule has 1 heterocycles. The van der Waals surface area contributed by atoms with Crippen LogP contribution in [0.4, 0.5) is 0 Å². The number of benzene rings is 1. The van der Waals surface area contributed by atoms with Gasteiger partial charge in [0.15, 0.2) is 5.11 Å². The van der Waals surface area contributed by atoms with Gasteiger partial charge in [0, 0.05) is 6.04 Å². The maximum Gasteiger partial charge on any atom is 0.231 e. The van der Waals surface area contributed by atoms with Gasteiger partial charge in [-0.3, -0.25) is 4.79 Å². The average molecular weight is 234 g/mol. The van der Waals surface area contributed by atoms with Crippen LogP contribution in [0.3, 0.4) is 0 Å². The fourth-order valence-corrected chi connectivity index (χ4v) is 2.20. The third-order valence-electron chi connectivity index (χ3n) is 2.83. The molecule has 1 aromatic carbocycles. The lowest BCUT2D eigenvalue weighted by Gasteiger charge is -2.30. The molecular weight excluding hydrogens is 220 g/mol. The van der Waals surface area contributed by atoms with E-state index in [2.05, 4.69) is 10.6 Å². The third-order valence-corrected chi connectivity index (χ3v) is 3.05. The number of thiocarbonyl (C=S) groups is 1. The van der Waals surface area contributed by atoms with Gasteiger partial charge in [-0.15, -0.1) is 0 Å². The molecule has 1 aromatic rings. The first-order chi connectivity index (χ1) is 7.66. The van der Waals surface area contributed by atoms with Crippen LogP contribution in [0.25, 0.3) is 0 Å². The van der Waals surface area contributed by atoms with Crippen molar-refractivity contribution in [2.75, 3.05) is 0 Å². The van der Waals surface area contributed by atoms with Gasteiger partial charge in [-0.25, -0.2) is 0 Å². The Morgan fingerprint density at radius 2 is 2.00 bits per heavy atom. The van der Waals surface area contributed by atoms with Crippen LogP contribution < -0.4 is 10.6 Å². The molecule has 1 saturated heterocycles. The molecule has 0 bridgehead atoms. The van der Waals surface area contributed by atoms with E-state index in [1.54, 1.807) is 0 Å². The predicted octanol–water partition coefficient (Wildman–Crippen LogP) is 1.24.